The largest absolute Gasteiger partial charge is 0.444 e. The summed E-state index contributed by atoms with van der Waals surface area (Å²) in [6.45, 7) is 22.2. The third-order valence-corrected chi connectivity index (χ3v) is 4.80. The molecular formula is C31H48N2O5. The summed E-state index contributed by atoms with van der Waals surface area (Å²) in [6, 6.07) is 16.0. The van der Waals surface area contributed by atoms with E-state index in [1.54, 1.807) is 0 Å². The topological polar surface area (TPSA) is 96.9 Å². The second-order valence-corrected chi connectivity index (χ2v) is 11.0. The lowest BCUT2D eigenvalue weighted by Gasteiger charge is -2.20. The van der Waals surface area contributed by atoms with Gasteiger partial charge in [0.05, 0.1) is 0 Å². The van der Waals surface area contributed by atoms with Gasteiger partial charge in [0.25, 0.3) is 0 Å². The van der Waals surface area contributed by atoms with Gasteiger partial charge in [-0.1, -0.05) is 74.5 Å². The minimum Gasteiger partial charge on any atom is -0.444 e. The zero-order chi connectivity index (χ0) is 29.5. The first-order chi connectivity index (χ1) is 17.6. The molecule has 7 nitrogen and oxygen atoms in total. The predicted octanol–water partition coefficient (Wildman–Crippen LogP) is 7.19. The van der Waals surface area contributed by atoms with Gasteiger partial charge in [0, 0.05) is 20.2 Å². The lowest BCUT2D eigenvalue weighted by molar-refractivity contribution is 0.0512. The number of amides is 2. The van der Waals surface area contributed by atoms with Crippen LogP contribution >= 0.6 is 0 Å². The molecule has 0 saturated carbocycles. The molecular weight excluding hydrogens is 480 g/mol. The SMILES string of the molecule is C=C(C)c1ccccc1CNC(=O)OC(C)(C)C.CC(C)c1ccccc1CNC(=O)OC(C)(C)C.CO. The zero-order valence-corrected chi connectivity index (χ0v) is 24.9. The van der Waals surface area contributed by atoms with Crippen molar-refractivity contribution >= 4 is 17.8 Å². The fourth-order valence-corrected chi connectivity index (χ4v) is 3.31. The summed E-state index contributed by atoms with van der Waals surface area (Å²) in [4.78, 5) is 23.1. The standard InChI is InChI=1S/C15H23NO2.C15H21NO2.CH4O/c2*1-11(2)13-9-7-6-8-12(13)10-16-14(17)18-15(3,4)5;1-2/h6-9,11H,10H2,1-5H3,(H,16,17);6-9H,1,10H2,2-5H3,(H,16,17);2H,1H3. The van der Waals surface area contributed by atoms with Gasteiger partial charge in [-0.2, -0.15) is 0 Å². The first-order valence-corrected chi connectivity index (χ1v) is 12.8. The molecule has 0 aliphatic heterocycles. The average Bonchev–Trinajstić information content (AvgIpc) is 2.81. The van der Waals surface area contributed by atoms with Crippen molar-refractivity contribution in [2.45, 2.75) is 92.5 Å². The first-order valence-electron chi connectivity index (χ1n) is 12.8. The molecule has 0 unspecified atom stereocenters. The van der Waals surface area contributed by atoms with E-state index in [-0.39, 0.29) is 6.09 Å². The number of ether oxygens (including phenoxy) is 2. The summed E-state index contributed by atoms with van der Waals surface area (Å²) in [6.07, 6.45) is -0.778. The lowest BCUT2D eigenvalue weighted by atomic mass is 9.97. The van der Waals surface area contributed by atoms with Crippen molar-refractivity contribution < 1.29 is 24.2 Å². The number of aliphatic hydroxyl groups excluding tert-OH is 1. The van der Waals surface area contributed by atoms with Crippen LogP contribution in [0, 0.1) is 0 Å². The van der Waals surface area contributed by atoms with Gasteiger partial charge in [-0.05, 0) is 76.6 Å². The number of hydrogen-bond donors (Lipinski definition) is 3. The molecule has 2 aromatic rings. The molecule has 2 amide bonds. The number of hydrogen-bond acceptors (Lipinski definition) is 5. The van der Waals surface area contributed by atoms with Crippen LogP contribution in [-0.2, 0) is 22.6 Å². The van der Waals surface area contributed by atoms with Crippen molar-refractivity contribution in [3.8, 4) is 0 Å². The second-order valence-electron chi connectivity index (χ2n) is 11.0. The van der Waals surface area contributed by atoms with Gasteiger partial charge < -0.3 is 25.2 Å². The van der Waals surface area contributed by atoms with Gasteiger partial charge in [0.15, 0.2) is 0 Å². The Morgan fingerprint density at radius 2 is 1.18 bits per heavy atom. The summed E-state index contributed by atoms with van der Waals surface area (Å²) in [5, 5.41) is 12.5. The third kappa shape index (κ3) is 15.1. The van der Waals surface area contributed by atoms with Crippen LogP contribution in [0.25, 0.3) is 5.57 Å². The summed E-state index contributed by atoms with van der Waals surface area (Å²) in [7, 11) is 1.00. The number of nitrogens with one attached hydrogen (secondary N) is 2. The van der Waals surface area contributed by atoms with Crippen LogP contribution in [0.1, 0.15) is 90.5 Å². The molecule has 0 atom stereocenters. The molecule has 0 aromatic heterocycles. The van der Waals surface area contributed by atoms with Gasteiger partial charge in [-0.25, -0.2) is 9.59 Å². The van der Waals surface area contributed by atoms with E-state index in [1.807, 2.05) is 90.9 Å². The summed E-state index contributed by atoms with van der Waals surface area (Å²) in [5.41, 5.74) is 4.55. The number of carbonyl (C=O) groups excluding carboxylic acids is 2. The van der Waals surface area contributed by atoms with Gasteiger partial charge >= 0.3 is 12.2 Å². The van der Waals surface area contributed by atoms with Crippen molar-refractivity contribution in [1.82, 2.24) is 10.6 Å². The number of carbonyl (C=O) groups is 2. The molecule has 3 N–H and O–H groups in total. The molecule has 0 heterocycles. The monoisotopic (exact) mass is 528 g/mol. The van der Waals surface area contributed by atoms with E-state index in [1.165, 1.54) is 5.56 Å². The zero-order valence-electron chi connectivity index (χ0n) is 24.9. The number of aliphatic hydroxyl groups is 1. The first kappa shape index (κ1) is 34.7. The van der Waals surface area contributed by atoms with Gasteiger partial charge in [0.2, 0.25) is 0 Å². The smallest absolute Gasteiger partial charge is 0.407 e. The molecule has 2 aromatic carbocycles. The van der Waals surface area contributed by atoms with Crippen LogP contribution in [0.3, 0.4) is 0 Å². The molecule has 7 heteroatoms. The molecule has 0 aliphatic rings. The molecule has 0 fully saturated rings. The number of benzene rings is 2. The molecule has 38 heavy (non-hydrogen) atoms. The van der Waals surface area contributed by atoms with Crippen LogP contribution in [0.5, 0.6) is 0 Å². The number of rotatable bonds is 6. The molecule has 0 radical (unpaired) electrons. The van der Waals surface area contributed by atoms with E-state index in [9.17, 15) is 9.59 Å². The molecule has 212 valence electrons. The summed E-state index contributed by atoms with van der Waals surface area (Å²) in [5.74, 6) is 0.446. The highest BCUT2D eigenvalue weighted by Crippen LogP contribution is 2.19. The quantitative estimate of drug-likeness (QED) is 0.369. The lowest BCUT2D eigenvalue weighted by Crippen LogP contribution is -2.32. The fraction of sp³-hybridized carbons (Fsp3) is 0.484. The second kappa shape index (κ2) is 16.5. The van der Waals surface area contributed by atoms with Crippen LogP contribution < -0.4 is 10.6 Å². The Bertz CT molecular complexity index is 1020. The minimum absolute atomic E-state index is 0.374. The molecule has 0 saturated heterocycles. The number of alkyl carbamates (subject to hydrolysis) is 2. The van der Waals surface area contributed by atoms with E-state index in [0.717, 1.165) is 29.4 Å². The van der Waals surface area contributed by atoms with Crippen molar-refractivity contribution in [2.75, 3.05) is 7.11 Å². The van der Waals surface area contributed by atoms with E-state index in [2.05, 4.69) is 37.1 Å². The molecule has 0 spiro atoms. The highest BCUT2D eigenvalue weighted by atomic mass is 16.6. The van der Waals surface area contributed by atoms with Gasteiger partial charge in [-0.3, -0.25) is 0 Å². The Morgan fingerprint density at radius 1 is 0.789 bits per heavy atom. The van der Waals surface area contributed by atoms with E-state index >= 15 is 0 Å². The molecule has 0 bridgehead atoms. The van der Waals surface area contributed by atoms with Crippen molar-refractivity contribution in [1.29, 1.82) is 0 Å². The summed E-state index contributed by atoms with van der Waals surface area (Å²) >= 11 is 0. The van der Waals surface area contributed by atoms with Crippen molar-refractivity contribution in [2.24, 2.45) is 0 Å². The Kier molecular flexibility index (Phi) is 15.1. The normalized spacial score (nSPS) is 10.7. The minimum atomic E-state index is -0.474. The van der Waals surface area contributed by atoms with E-state index < -0.39 is 17.3 Å². The van der Waals surface area contributed by atoms with E-state index in [0.29, 0.717) is 19.0 Å². The number of allylic oxidation sites excluding steroid dienone is 1. The van der Waals surface area contributed by atoms with Crippen LogP contribution in [0.4, 0.5) is 9.59 Å². The molecule has 0 aliphatic carbocycles. The van der Waals surface area contributed by atoms with Crippen molar-refractivity contribution in [3.05, 3.63) is 77.4 Å². The maximum absolute atomic E-state index is 11.6. The highest BCUT2D eigenvalue weighted by molar-refractivity contribution is 5.69. The fourth-order valence-electron chi connectivity index (χ4n) is 3.31. The maximum atomic E-state index is 11.6. The average molecular weight is 529 g/mol. The van der Waals surface area contributed by atoms with Crippen LogP contribution in [0.2, 0.25) is 0 Å². The van der Waals surface area contributed by atoms with Crippen molar-refractivity contribution in [3.63, 3.8) is 0 Å². The Hall–Kier alpha value is -3.32. The summed E-state index contributed by atoms with van der Waals surface area (Å²) < 4.78 is 10.4. The van der Waals surface area contributed by atoms with E-state index in [4.69, 9.17) is 14.6 Å². The Labute approximate surface area is 229 Å². The third-order valence-electron chi connectivity index (χ3n) is 4.80. The highest BCUT2D eigenvalue weighted by Gasteiger charge is 2.17. The van der Waals surface area contributed by atoms with Crippen LogP contribution in [-0.4, -0.2) is 35.6 Å². The molecule has 2 rings (SSSR count). The maximum Gasteiger partial charge on any atom is 0.407 e. The Balaban J connectivity index is 0.000000676. The van der Waals surface area contributed by atoms with Gasteiger partial charge in [-0.15, -0.1) is 0 Å². The predicted molar refractivity (Wildman–Crippen MR) is 156 cm³/mol. The Morgan fingerprint density at radius 3 is 1.61 bits per heavy atom. The van der Waals surface area contributed by atoms with Crippen LogP contribution in [0.15, 0.2) is 55.1 Å². The van der Waals surface area contributed by atoms with Gasteiger partial charge in [0.1, 0.15) is 11.2 Å².